The number of carbonyl (C=O) groups is 2. The lowest BCUT2D eigenvalue weighted by Gasteiger charge is -2.24. The number of amides is 2. The van der Waals surface area contributed by atoms with Gasteiger partial charge in [0.15, 0.2) is 0 Å². The number of hydrogen-bond donors (Lipinski definition) is 1. The van der Waals surface area contributed by atoms with Crippen molar-refractivity contribution in [2.24, 2.45) is 0 Å². The normalized spacial score (nSPS) is 19.9. The molecule has 1 heterocycles. The number of rotatable bonds is 2. The average molecular weight is 293 g/mol. The zero-order valence-corrected chi connectivity index (χ0v) is 12.2. The summed E-state index contributed by atoms with van der Waals surface area (Å²) in [7, 11) is 0. The molecule has 2 aliphatic rings. The molecule has 0 unspecified atom stereocenters. The van der Waals surface area contributed by atoms with E-state index in [1.807, 2.05) is 0 Å². The van der Waals surface area contributed by atoms with Crippen molar-refractivity contribution < 1.29 is 9.59 Å². The van der Waals surface area contributed by atoms with Gasteiger partial charge in [0, 0.05) is 10.1 Å². The van der Waals surface area contributed by atoms with Gasteiger partial charge in [-0.15, -0.1) is 12.6 Å². The Hall–Kier alpha value is -0.940. The van der Waals surface area contributed by atoms with Crippen LogP contribution in [0.4, 0.5) is 0 Å². The number of hydrogen-bond acceptors (Lipinski definition) is 4. The van der Waals surface area contributed by atoms with Gasteiger partial charge in [0.2, 0.25) is 0 Å². The third-order valence-corrected chi connectivity index (χ3v) is 5.35. The van der Waals surface area contributed by atoms with Gasteiger partial charge in [0.05, 0.1) is 11.1 Å². The second-order valence-electron chi connectivity index (χ2n) is 4.97. The molecule has 0 atom stereocenters. The molecule has 0 bridgehead atoms. The molecule has 3 rings (SSSR count). The van der Waals surface area contributed by atoms with E-state index < -0.39 is 0 Å². The Morgan fingerprint density at radius 2 is 1.84 bits per heavy atom. The first-order valence-corrected chi connectivity index (χ1v) is 7.84. The van der Waals surface area contributed by atoms with Crippen LogP contribution in [-0.4, -0.2) is 21.4 Å². The van der Waals surface area contributed by atoms with Crippen molar-refractivity contribution in [1.29, 1.82) is 0 Å². The summed E-state index contributed by atoms with van der Waals surface area (Å²) in [5.41, 5.74) is 0.944. The maximum Gasteiger partial charge on any atom is 0.272 e. The van der Waals surface area contributed by atoms with Crippen LogP contribution in [0.15, 0.2) is 23.1 Å². The third kappa shape index (κ3) is 2.30. The van der Waals surface area contributed by atoms with Crippen LogP contribution in [-0.2, 0) is 0 Å². The molecular weight excluding hydrogens is 278 g/mol. The summed E-state index contributed by atoms with van der Waals surface area (Å²) in [5.74, 6) is -0.396. The Bertz CT molecular complexity index is 538. The van der Waals surface area contributed by atoms with Gasteiger partial charge in [-0.3, -0.25) is 9.59 Å². The summed E-state index contributed by atoms with van der Waals surface area (Å²) in [5, 5.41) is 0.388. The summed E-state index contributed by atoms with van der Waals surface area (Å²) in [6.45, 7) is 0. The predicted octanol–water partition coefficient (Wildman–Crippen LogP) is 3.55. The van der Waals surface area contributed by atoms with E-state index in [1.54, 1.807) is 18.2 Å². The van der Waals surface area contributed by atoms with Crippen LogP contribution in [0, 0.1) is 0 Å². The van der Waals surface area contributed by atoms with E-state index in [-0.39, 0.29) is 11.8 Å². The summed E-state index contributed by atoms with van der Waals surface area (Å²) >= 11 is 5.70. The second kappa shape index (κ2) is 5.21. The van der Waals surface area contributed by atoms with E-state index in [4.69, 9.17) is 0 Å². The number of nitrogens with zero attached hydrogens (tertiary/aromatic N) is 1. The van der Waals surface area contributed by atoms with Crippen LogP contribution in [0.2, 0.25) is 0 Å². The van der Waals surface area contributed by atoms with E-state index in [0.29, 0.717) is 21.3 Å². The van der Waals surface area contributed by atoms with Crippen molar-refractivity contribution in [2.45, 2.75) is 42.2 Å². The topological polar surface area (TPSA) is 37.4 Å². The van der Waals surface area contributed by atoms with Gasteiger partial charge in [-0.05, 0) is 36.9 Å². The first kappa shape index (κ1) is 13.1. The van der Waals surface area contributed by atoms with Crippen molar-refractivity contribution in [3.63, 3.8) is 0 Å². The molecule has 1 aromatic rings. The number of imide groups is 1. The van der Waals surface area contributed by atoms with Crippen LogP contribution in [0.1, 0.15) is 52.8 Å². The van der Waals surface area contributed by atoms with E-state index in [9.17, 15) is 9.59 Å². The summed E-state index contributed by atoms with van der Waals surface area (Å²) in [6, 6.07) is 5.22. The molecule has 1 aliphatic heterocycles. The van der Waals surface area contributed by atoms with Crippen LogP contribution < -0.4 is 0 Å². The van der Waals surface area contributed by atoms with Crippen LogP contribution in [0.3, 0.4) is 0 Å². The minimum Gasteiger partial charge on any atom is -0.268 e. The molecule has 0 N–H and O–H groups in total. The van der Waals surface area contributed by atoms with Gasteiger partial charge in [0.25, 0.3) is 11.8 Å². The Morgan fingerprint density at radius 1 is 1.11 bits per heavy atom. The third-order valence-electron chi connectivity index (χ3n) is 3.66. The summed E-state index contributed by atoms with van der Waals surface area (Å²) in [4.78, 5) is 25.2. The predicted molar refractivity (Wildman–Crippen MR) is 78.7 cm³/mol. The van der Waals surface area contributed by atoms with E-state index in [0.717, 1.165) is 12.8 Å². The lowest BCUT2D eigenvalue weighted by molar-refractivity contribution is 0.0775. The fraction of sp³-hybridized carbons (Fsp3) is 0.429. The zero-order chi connectivity index (χ0) is 13.4. The Labute approximate surface area is 122 Å². The average Bonchev–Trinajstić information content (AvgIpc) is 2.66. The van der Waals surface area contributed by atoms with Gasteiger partial charge in [-0.2, -0.15) is 0 Å². The van der Waals surface area contributed by atoms with E-state index >= 15 is 0 Å². The first-order chi connectivity index (χ1) is 9.18. The molecule has 1 aliphatic carbocycles. The highest BCUT2D eigenvalue weighted by molar-refractivity contribution is 7.98. The monoisotopic (exact) mass is 293 g/mol. The highest BCUT2D eigenvalue weighted by Crippen LogP contribution is 2.37. The lowest BCUT2D eigenvalue weighted by atomic mass is 10.0. The number of thiol groups is 1. The lowest BCUT2D eigenvalue weighted by Crippen LogP contribution is -2.26. The Balaban J connectivity index is 1.84. The maximum atomic E-state index is 12.3. The highest BCUT2D eigenvalue weighted by atomic mass is 32.2. The molecule has 2 amide bonds. The Kier molecular flexibility index (Phi) is 3.58. The maximum absolute atomic E-state index is 12.3. The highest BCUT2D eigenvalue weighted by Gasteiger charge is 2.39. The molecule has 1 fully saturated rings. The number of carbonyl (C=O) groups excluding carboxylic acids is 2. The fourth-order valence-corrected chi connectivity index (χ4v) is 4.19. The van der Waals surface area contributed by atoms with Gasteiger partial charge in [-0.1, -0.05) is 25.3 Å². The standard InChI is InChI=1S/C14H15NO2S2/c16-13-10-7-4-8-11(18)12(10)14(17)15(13)19-9-5-2-1-3-6-9/h4,7-9,18H,1-3,5-6H2. The first-order valence-electron chi connectivity index (χ1n) is 6.56. The molecule has 0 aromatic heterocycles. The molecule has 1 aromatic carbocycles. The largest absolute Gasteiger partial charge is 0.272 e. The van der Waals surface area contributed by atoms with Gasteiger partial charge >= 0.3 is 0 Å². The SMILES string of the molecule is O=C1c2cccc(S)c2C(=O)N1SC1CCCCC1. The van der Waals surface area contributed by atoms with Crippen molar-refractivity contribution in [3.8, 4) is 0 Å². The molecule has 100 valence electrons. The smallest absolute Gasteiger partial charge is 0.268 e. The van der Waals surface area contributed by atoms with Crippen molar-refractivity contribution in [3.05, 3.63) is 29.3 Å². The van der Waals surface area contributed by atoms with Gasteiger partial charge < -0.3 is 0 Å². The zero-order valence-electron chi connectivity index (χ0n) is 10.5. The van der Waals surface area contributed by atoms with Crippen LogP contribution >= 0.6 is 24.6 Å². The molecule has 1 saturated carbocycles. The van der Waals surface area contributed by atoms with Crippen molar-refractivity contribution >= 4 is 36.4 Å². The van der Waals surface area contributed by atoms with Crippen LogP contribution in [0.25, 0.3) is 0 Å². The summed E-state index contributed by atoms with van der Waals surface area (Å²) < 4.78 is 1.33. The number of benzene rings is 1. The second-order valence-corrected chi connectivity index (χ2v) is 6.69. The molecule has 0 spiro atoms. The molecule has 19 heavy (non-hydrogen) atoms. The van der Waals surface area contributed by atoms with Crippen LogP contribution in [0.5, 0.6) is 0 Å². The minimum absolute atomic E-state index is 0.188. The van der Waals surface area contributed by atoms with E-state index in [2.05, 4.69) is 12.6 Å². The number of fused-ring (bicyclic) bond motifs is 1. The minimum atomic E-state index is -0.207. The fourth-order valence-electron chi connectivity index (χ4n) is 2.66. The Morgan fingerprint density at radius 3 is 2.53 bits per heavy atom. The van der Waals surface area contributed by atoms with Gasteiger partial charge in [0.1, 0.15) is 0 Å². The van der Waals surface area contributed by atoms with Crippen molar-refractivity contribution in [2.75, 3.05) is 0 Å². The molecular formula is C14H15NO2S2. The molecule has 0 saturated heterocycles. The molecule has 3 nitrogen and oxygen atoms in total. The molecule has 5 heteroatoms. The van der Waals surface area contributed by atoms with E-state index in [1.165, 1.54) is 35.5 Å². The van der Waals surface area contributed by atoms with Gasteiger partial charge in [-0.25, -0.2) is 4.31 Å². The summed E-state index contributed by atoms with van der Waals surface area (Å²) in [6.07, 6.45) is 5.83. The molecule has 0 radical (unpaired) electrons. The van der Waals surface area contributed by atoms with Crippen molar-refractivity contribution in [1.82, 2.24) is 4.31 Å². The quantitative estimate of drug-likeness (QED) is 0.515.